The first-order chi connectivity index (χ1) is 10.2. The van der Waals surface area contributed by atoms with Crippen molar-refractivity contribution >= 4 is 29.9 Å². The predicted octanol–water partition coefficient (Wildman–Crippen LogP) is 3.62. The van der Waals surface area contributed by atoms with Gasteiger partial charge >= 0.3 is 0 Å². The molecule has 1 aromatic heterocycles. The predicted molar refractivity (Wildman–Crippen MR) is 106 cm³/mol. The molecule has 5 heteroatoms. The highest BCUT2D eigenvalue weighted by Gasteiger charge is 1.98. The van der Waals surface area contributed by atoms with Gasteiger partial charge in [0.1, 0.15) is 0 Å². The zero-order chi connectivity index (χ0) is 15.3. The largest absolute Gasteiger partial charge is 0.357 e. The molecule has 1 heterocycles. The molecule has 0 aliphatic heterocycles. The van der Waals surface area contributed by atoms with E-state index in [4.69, 9.17) is 0 Å². The van der Waals surface area contributed by atoms with Crippen LogP contribution in [0.25, 0.3) is 0 Å². The van der Waals surface area contributed by atoms with Crippen molar-refractivity contribution in [1.82, 2.24) is 15.6 Å². The number of aliphatic imine (C=N–C) groups is 1. The molecular formula is C17H31IN4. The molecule has 0 aliphatic carbocycles. The Morgan fingerprint density at radius 1 is 1.23 bits per heavy atom. The van der Waals surface area contributed by atoms with Crippen molar-refractivity contribution in [3.8, 4) is 0 Å². The number of unbranched alkanes of at least 4 members (excludes halogenated alkanes) is 1. The molecule has 0 spiro atoms. The minimum atomic E-state index is 0. The maximum absolute atomic E-state index is 4.62. The Labute approximate surface area is 152 Å². The number of nitrogens with one attached hydrogen (secondary N) is 2. The third kappa shape index (κ3) is 10.8. The van der Waals surface area contributed by atoms with Gasteiger partial charge in [-0.25, -0.2) is 0 Å². The second kappa shape index (κ2) is 13.8. The van der Waals surface area contributed by atoms with E-state index in [0.717, 1.165) is 50.0 Å². The van der Waals surface area contributed by atoms with Gasteiger partial charge in [0.2, 0.25) is 0 Å². The molecule has 0 atom stereocenters. The Morgan fingerprint density at radius 2 is 2.05 bits per heavy atom. The highest BCUT2D eigenvalue weighted by atomic mass is 127. The second-order valence-corrected chi connectivity index (χ2v) is 5.65. The maximum atomic E-state index is 4.62. The van der Waals surface area contributed by atoms with E-state index in [0.29, 0.717) is 0 Å². The van der Waals surface area contributed by atoms with Gasteiger partial charge in [0.15, 0.2) is 5.96 Å². The van der Waals surface area contributed by atoms with Crippen LogP contribution in [0.1, 0.15) is 45.7 Å². The summed E-state index contributed by atoms with van der Waals surface area (Å²) in [6.07, 6.45) is 6.46. The van der Waals surface area contributed by atoms with Gasteiger partial charge in [-0.15, -0.1) is 24.0 Å². The lowest BCUT2D eigenvalue weighted by Gasteiger charge is -2.11. The van der Waals surface area contributed by atoms with Crippen molar-refractivity contribution < 1.29 is 0 Å². The van der Waals surface area contributed by atoms with Gasteiger partial charge in [-0.05, 0) is 31.4 Å². The summed E-state index contributed by atoms with van der Waals surface area (Å²) >= 11 is 0. The summed E-state index contributed by atoms with van der Waals surface area (Å²) in [5.74, 6) is 1.71. The summed E-state index contributed by atoms with van der Waals surface area (Å²) in [5.41, 5.74) is 1.11. The van der Waals surface area contributed by atoms with E-state index in [1.54, 1.807) is 0 Å². The average Bonchev–Trinajstić information content (AvgIpc) is 2.47. The van der Waals surface area contributed by atoms with Crippen molar-refractivity contribution in [3.05, 3.63) is 30.1 Å². The van der Waals surface area contributed by atoms with Crippen molar-refractivity contribution in [1.29, 1.82) is 0 Å². The normalized spacial score (nSPS) is 11.2. The molecule has 2 N–H and O–H groups in total. The smallest absolute Gasteiger partial charge is 0.191 e. The summed E-state index contributed by atoms with van der Waals surface area (Å²) in [4.78, 5) is 8.94. The third-order valence-electron chi connectivity index (χ3n) is 3.20. The molecule has 1 aromatic rings. The fourth-order valence-corrected chi connectivity index (χ4v) is 2.05. The highest BCUT2D eigenvalue weighted by Crippen LogP contribution is 2.05. The Morgan fingerprint density at radius 3 is 2.68 bits per heavy atom. The van der Waals surface area contributed by atoms with Crippen molar-refractivity contribution in [3.63, 3.8) is 0 Å². The van der Waals surface area contributed by atoms with Crippen LogP contribution in [0.2, 0.25) is 0 Å². The molecule has 0 aliphatic rings. The Bertz CT molecular complexity index is 393. The van der Waals surface area contributed by atoms with Crippen LogP contribution in [0.5, 0.6) is 0 Å². The molecule has 0 unspecified atom stereocenters. The van der Waals surface area contributed by atoms with Crippen LogP contribution in [-0.4, -0.2) is 30.6 Å². The van der Waals surface area contributed by atoms with Gasteiger partial charge in [0, 0.05) is 37.9 Å². The molecule has 0 radical (unpaired) electrons. The summed E-state index contributed by atoms with van der Waals surface area (Å²) in [7, 11) is 0. The summed E-state index contributed by atoms with van der Waals surface area (Å²) in [6, 6.07) is 6.02. The molecule has 1 rings (SSSR count). The SMILES string of the molecule is CCNC(=NCCCCC(C)C)NCCc1ccccn1.I. The molecule has 0 aromatic carbocycles. The van der Waals surface area contributed by atoms with E-state index in [1.165, 1.54) is 12.8 Å². The Hall–Kier alpha value is -0.850. The van der Waals surface area contributed by atoms with Crippen molar-refractivity contribution in [2.45, 2.75) is 46.5 Å². The molecule has 0 amide bonds. The van der Waals surface area contributed by atoms with Crippen LogP contribution in [0.15, 0.2) is 29.4 Å². The van der Waals surface area contributed by atoms with E-state index in [2.05, 4.69) is 47.4 Å². The molecule has 0 saturated heterocycles. The van der Waals surface area contributed by atoms with Gasteiger partial charge in [-0.2, -0.15) is 0 Å². The molecule has 4 nitrogen and oxygen atoms in total. The van der Waals surface area contributed by atoms with Crippen LogP contribution < -0.4 is 10.6 Å². The zero-order valence-corrected chi connectivity index (χ0v) is 16.5. The van der Waals surface area contributed by atoms with Crippen molar-refractivity contribution in [2.24, 2.45) is 10.9 Å². The zero-order valence-electron chi connectivity index (χ0n) is 14.1. The van der Waals surface area contributed by atoms with Gasteiger partial charge in [0.05, 0.1) is 0 Å². The molecule has 0 saturated carbocycles. The number of pyridine rings is 1. The first-order valence-corrected chi connectivity index (χ1v) is 8.14. The molecule has 0 fully saturated rings. The molecule has 126 valence electrons. The van der Waals surface area contributed by atoms with Crippen molar-refractivity contribution in [2.75, 3.05) is 19.6 Å². The molecule has 22 heavy (non-hydrogen) atoms. The number of hydrogen-bond acceptors (Lipinski definition) is 2. The van der Waals surface area contributed by atoms with Crippen LogP contribution in [-0.2, 0) is 6.42 Å². The van der Waals surface area contributed by atoms with E-state index in [1.807, 2.05) is 18.3 Å². The second-order valence-electron chi connectivity index (χ2n) is 5.65. The fourth-order valence-electron chi connectivity index (χ4n) is 2.05. The van der Waals surface area contributed by atoms with Crippen LogP contribution >= 0.6 is 24.0 Å². The number of rotatable bonds is 9. The first kappa shape index (κ1) is 21.1. The van der Waals surface area contributed by atoms with Gasteiger partial charge < -0.3 is 10.6 Å². The Balaban J connectivity index is 0.00000441. The van der Waals surface area contributed by atoms with Gasteiger partial charge in [-0.3, -0.25) is 9.98 Å². The summed E-state index contributed by atoms with van der Waals surface area (Å²) in [5, 5.41) is 6.65. The third-order valence-corrected chi connectivity index (χ3v) is 3.20. The number of aromatic nitrogens is 1. The lowest BCUT2D eigenvalue weighted by atomic mass is 10.1. The lowest BCUT2D eigenvalue weighted by Crippen LogP contribution is -2.38. The first-order valence-electron chi connectivity index (χ1n) is 8.14. The maximum Gasteiger partial charge on any atom is 0.191 e. The topological polar surface area (TPSA) is 49.3 Å². The van der Waals surface area contributed by atoms with E-state index in [-0.39, 0.29) is 24.0 Å². The van der Waals surface area contributed by atoms with Gasteiger partial charge in [0.25, 0.3) is 0 Å². The van der Waals surface area contributed by atoms with E-state index < -0.39 is 0 Å². The monoisotopic (exact) mass is 418 g/mol. The molecular weight excluding hydrogens is 387 g/mol. The highest BCUT2D eigenvalue weighted by molar-refractivity contribution is 14.0. The number of hydrogen-bond donors (Lipinski definition) is 2. The van der Waals surface area contributed by atoms with Crippen LogP contribution in [0, 0.1) is 5.92 Å². The summed E-state index contributed by atoms with van der Waals surface area (Å²) in [6.45, 7) is 9.27. The van der Waals surface area contributed by atoms with E-state index in [9.17, 15) is 0 Å². The van der Waals surface area contributed by atoms with E-state index >= 15 is 0 Å². The Kier molecular flexibility index (Phi) is 13.3. The summed E-state index contributed by atoms with van der Waals surface area (Å²) < 4.78 is 0. The van der Waals surface area contributed by atoms with Gasteiger partial charge in [-0.1, -0.05) is 32.8 Å². The minimum absolute atomic E-state index is 0. The number of halogens is 1. The molecule has 0 bridgehead atoms. The van der Waals surface area contributed by atoms with Crippen LogP contribution in [0.3, 0.4) is 0 Å². The minimum Gasteiger partial charge on any atom is -0.357 e. The van der Waals surface area contributed by atoms with Crippen LogP contribution in [0.4, 0.5) is 0 Å². The average molecular weight is 418 g/mol. The lowest BCUT2D eigenvalue weighted by molar-refractivity contribution is 0.541. The quantitative estimate of drug-likeness (QED) is 0.279. The standard InChI is InChI=1S/C17H30N4.HI/c1-4-18-17(20-13-7-5-9-15(2)3)21-14-11-16-10-6-8-12-19-16;/h6,8,10,12,15H,4-5,7,9,11,13-14H2,1-3H3,(H2,18,20,21);1H. The fraction of sp³-hybridized carbons (Fsp3) is 0.647. The number of nitrogens with zero attached hydrogens (tertiary/aromatic N) is 2. The number of guanidine groups is 1.